The van der Waals surface area contributed by atoms with Crippen LogP contribution in [0.5, 0.6) is 0 Å². The van der Waals surface area contributed by atoms with Crippen molar-refractivity contribution in [3.63, 3.8) is 0 Å². The third-order valence-corrected chi connectivity index (χ3v) is 4.09. The lowest BCUT2D eigenvalue weighted by Crippen LogP contribution is -2.58. The number of likely N-dealkylation sites (N-methyl/N-ethyl adjacent to an activating group) is 1. The van der Waals surface area contributed by atoms with Gasteiger partial charge in [0, 0.05) is 25.7 Å². The second-order valence-corrected chi connectivity index (χ2v) is 6.18. The smallest absolute Gasteiger partial charge is 0.327 e. The first-order chi connectivity index (χ1) is 9.03. The van der Waals surface area contributed by atoms with E-state index in [-0.39, 0.29) is 5.97 Å². The highest BCUT2D eigenvalue weighted by Gasteiger charge is 2.40. The lowest BCUT2D eigenvalue weighted by molar-refractivity contribution is -0.148. The highest BCUT2D eigenvalue weighted by Crippen LogP contribution is 2.24. The van der Waals surface area contributed by atoms with Crippen LogP contribution in [0, 0.1) is 0 Å². The van der Waals surface area contributed by atoms with Gasteiger partial charge in [0.1, 0.15) is 5.54 Å². The zero-order chi connectivity index (χ0) is 13.9. The number of methoxy groups -OCH3 is 1. The summed E-state index contributed by atoms with van der Waals surface area (Å²) in [6.07, 6.45) is 3.52. The van der Waals surface area contributed by atoms with Crippen LogP contribution in [0.15, 0.2) is 0 Å². The van der Waals surface area contributed by atoms with Gasteiger partial charge in [0.25, 0.3) is 0 Å². The Balaban J connectivity index is 1.95. The molecular weight excluding hydrogens is 242 g/mol. The Bertz CT molecular complexity index is 320. The topological polar surface area (TPSA) is 44.8 Å². The summed E-state index contributed by atoms with van der Waals surface area (Å²) < 4.78 is 5.00. The Morgan fingerprint density at radius 1 is 1.32 bits per heavy atom. The summed E-state index contributed by atoms with van der Waals surface area (Å²) in [5.41, 5.74) is -0.571. The normalized spacial score (nSPS) is 25.6. The fourth-order valence-electron chi connectivity index (χ4n) is 2.78. The largest absolute Gasteiger partial charge is 0.468 e. The van der Waals surface area contributed by atoms with E-state index < -0.39 is 5.54 Å². The summed E-state index contributed by atoms with van der Waals surface area (Å²) in [5.74, 6) is -0.142. The molecule has 0 radical (unpaired) electrons. The summed E-state index contributed by atoms with van der Waals surface area (Å²) in [4.78, 5) is 16.8. The highest BCUT2D eigenvalue weighted by molar-refractivity contribution is 5.80. The quantitative estimate of drug-likeness (QED) is 0.728. The molecule has 5 nitrogen and oxygen atoms in total. The number of carbonyl (C=O) groups is 1. The van der Waals surface area contributed by atoms with Gasteiger partial charge in [-0.05, 0) is 46.3 Å². The van der Waals surface area contributed by atoms with E-state index >= 15 is 0 Å². The monoisotopic (exact) mass is 269 g/mol. The molecule has 0 aromatic carbocycles. The first-order valence-corrected chi connectivity index (χ1v) is 7.30. The van der Waals surface area contributed by atoms with Crippen molar-refractivity contribution in [1.29, 1.82) is 0 Å². The van der Waals surface area contributed by atoms with Crippen LogP contribution in [0.2, 0.25) is 0 Å². The van der Waals surface area contributed by atoms with Crippen LogP contribution in [-0.2, 0) is 9.53 Å². The molecule has 0 aromatic rings. The first kappa shape index (κ1) is 14.8. The second-order valence-electron chi connectivity index (χ2n) is 6.18. The average molecular weight is 269 g/mol. The number of carbonyl (C=O) groups excluding carboxylic acids is 1. The maximum Gasteiger partial charge on any atom is 0.327 e. The number of nitrogens with zero attached hydrogens (tertiary/aromatic N) is 2. The fourth-order valence-corrected chi connectivity index (χ4v) is 2.78. The molecule has 1 aliphatic heterocycles. The van der Waals surface area contributed by atoms with E-state index in [1.54, 1.807) is 0 Å². The minimum atomic E-state index is -0.571. The Labute approximate surface area is 116 Å². The Morgan fingerprint density at radius 2 is 2.05 bits per heavy atom. The van der Waals surface area contributed by atoms with Crippen LogP contribution in [-0.4, -0.2) is 74.2 Å². The molecule has 0 aromatic heterocycles. The number of ether oxygens (including phenoxy) is 1. The van der Waals surface area contributed by atoms with E-state index in [1.165, 1.54) is 20.0 Å². The average Bonchev–Trinajstić information content (AvgIpc) is 3.18. The standard InChI is InChI=1S/C14H27N3O2/c1-14(13(18)19-3,15-12-5-6-12)11-17-8-4-7-16(2)9-10-17/h12,15H,4-11H2,1-3H3. The molecule has 1 saturated carbocycles. The second kappa shape index (κ2) is 6.20. The lowest BCUT2D eigenvalue weighted by Gasteiger charge is -2.33. The molecule has 1 N–H and O–H groups in total. The Hall–Kier alpha value is -0.650. The van der Waals surface area contributed by atoms with Crippen LogP contribution >= 0.6 is 0 Å². The molecular formula is C14H27N3O2. The molecule has 1 unspecified atom stereocenters. The number of esters is 1. The Kier molecular flexibility index (Phi) is 4.81. The number of rotatable bonds is 5. The van der Waals surface area contributed by atoms with Crippen molar-refractivity contribution >= 4 is 5.97 Å². The molecule has 19 heavy (non-hydrogen) atoms. The summed E-state index contributed by atoms with van der Waals surface area (Å²) in [6.45, 7) is 7.01. The lowest BCUT2D eigenvalue weighted by atomic mass is 10.0. The minimum Gasteiger partial charge on any atom is -0.468 e. The van der Waals surface area contributed by atoms with Gasteiger partial charge in [-0.3, -0.25) is 15.0 Å². The van der Waals surface area contributed by atoms with E-state index in [0.29, 0.717) is 6.04 Å². The zero-order valence-electron chi connectivity index (χ0n) is 12.4. The Morgan fingerprint density at radius 3 is 2.68 bits per heavy atom. The molecule has 2 fully saturated rings. The van der Waals surface area contributed by atoms with Crippen LogP contribution in [0.3, 0.4) is 0 Å². The predicted octanol–water partition coefficient (Wildman–Crippen LogP) is 0.308. The van der Waals surface area contributed by atoms with Crippen molar-refractivity contribution in [2.45, 2.75) is 37.8 Å². The van der Waals surface area contributed by atoms with E-state index in [0.717, 1.165) is 39.1 Å². The predicted molar refractivity (Wildman–Crippen MR) is 75.1 cm³/mol. The summed E-state index contributed by atoms with van der Waals surface area (Å²) in [7, 11) is 3.64. The van der Waals surface area contributed by atoms with Gasteiger partial charge in [-0.15, -0.1) is 0 Å². The van der Waals surface area contributed by atoms with Crippen molar-refractivity contribution in [2.75, 3.05) is 46.9 Å². The SMILES string of the molecule is COC(=O)C(C)(CN1CCCN(C)CC1)NC1CC1. The van der Waals surface area contributed by atoms with E-state index in [9.17, 15) is 4.79 Å². The van der Waals surface area contributed by atoms with E-state index in [1.807, 2.05) is 6.92 Å². The maximum absolute atomic E-state index is 12.1. The zero-order valence-corrected chi connectivity index (χ0v) is 12.4. The van der Waals surface area contributed by atoms with Crippen molar-refractivity contribution < 1.29 is 9.53 Å². The third-order valence-electron chi connectivity index (χ3n) is 4.09. The van der Waals surface area contributed by atoms with Gasteiger partial charge in [-0.2, -0.15) is 0 Å². The number of hydrogen-bond acceptors (Lipinski definition) is 5. The van der Waals surface area contributed by atoms with Crippen LogP contribution in [0.1, 0.15) is 26.2 Å². The van der Waals surface area contributed by atoms with Crippen molar-refractivity contribution in [1.82, 2.24) is 15.1 Å². The minimum absolute atomic E-state index is 0.142. The molecule has 0 amide bonds. The van der Waals surface area contributed by atoms with Gasteiger partial charge in [0.2, 0.25) is 0 Å². The number of nitrogens with one attached hydrogen (secondary N) is 1. The van der Waals surface area contributed by atoms with Crippen LogP contribution < -0.4 is 5.32 Å². The van der Waals surface area contributed by atoms with Crippen molar-refractivity contribution in [3.05, 3.63) is 0 Å². The maximum atomic E-state index is 12.1. The molecule has 1 atom stereocenters. The van der Waals surface area contributed by atoms with Gasteiger partial charge in [0.15, 0.2) is 0 Å². The molecule has 0 bridgehead atoms. The van der Waals surface area contributed by atoms with E-state index in [4.69, 9.17) is 4.74 Å². The molecule has 1 heterocycles. The summed E-state index contributed by atoms with van der Waals surface area (Å²) in [5, 5.41) is 3.47. The molecule has 5 heteroatoms. The van der Waals surface area contributed by atoms with Gasteiger partial charge in [-0.25, -0.2) is 0 Å². The fraction of sp³-hybridized carbons (Fsp3) is 0.929. The molecule has 0 spiro atoms. The van der Waals surface area contributed by atoms with Crippen molar-refractivity contribution in [2.24, 2.45) is 0 Å². The highest BCUT2D eigenvalue weighted by atomic mass is 16.5. The van der Waals surface area contributed by atoms with Gasteiger partial charge < -0.3 is 9.64 Å². The molecule has 110 valence electrons. The summed E-state index contributed by atoms with van der Waals surface area (Å²) >= 11 is 0. The van der Waals surface area contributed by atoms with E-state index in [2.05, 4.69) is 22.2 Å². The van der Waals surface area contributed by atoms with Gasteiger partial charge >= 0.3 is 5.97 Å². The van der Waals surface area contributed by atoms with Crippen LogP contribution in [0.25, 0.3) is 0 Å². The molecule has 2 rings (SSSR count). The first-order valence-electron chi connectivity index (χ1n) is 7.30. The molecule has 1 aliphatic carbocycles. The van der Waals surface area contributed by atoms with Crippen molar-refractivity contribution in [3.8, 4) is 0 Å². The van der Waals surface area contributed by atoms with Gasteiger partial charge in [-0.1, -0.05) is 0 Å². The van der Waals surface area contributed by atoms with Gasteiger partial charge in [0.05, 0.1) is 7.11 Å². The molecule has 1 saturated heterocycles. The third kappa shape index (κ3) is 4.16. The molecule has 2 aliphatic rings. The van der Waals surface area contributed by atoms with Crippen LogP contribution in [0.4, 0.5) is 0 Å². The number of hydrogen-bond donors (Lipinski definition) is 1. The summed E-state index contributed by atoms with van der Waals surface area (Å²) in [6, 6.07) is 0.499.